The number of piperidine rings is 1. The Morgan fingerprint density at radius 1 is 1.55 bits per heavy atom. The van der Waals surface area contributed by atoms with Gasteiger partial charge < -0.3 is 10.2 Å². The van der Waals surface area contributed by atoms with Crippen molar-refractivity contribution in [1.82, 2.24) is 10.2 Å². The van der Waals surface area contributed by atoms with Gasteiger partial charge in [0.05, 0.1) is 4.92 Å². The first kappa shape index (κ1) is 15.2. The van der Waals surface area contributed by atoms with E-state index in [0.29, 0.717) is 29.1 Å². The molecule has 2 rings (SSSR count). The molecule has 20 heavy (non-hydrogen) atoms. The summed E-state index contributed by atoms with van der Waals surface area (Å²) < 4.78 is 0. The second-order valence-electron chi connectivity index (χ2n) is 5.55. The summed E-state index contributed by atoms with van der Waals surface area (Å²) in [6.07, 6.45) is 1.07. The zero-order valence-electron chi connectivity index (χ0n) is 11.8. The molecule has 1 aromatic carbocycles. The predicted octanol–water partition coefficient (Wildman–Crippen LogP) is 2.68. The third kappa shape index (κ3) is 3.69. The van der Waals surface area contributed by atoms with Gasteiger partial charge in [-0.2, -0.15) is 0 Å². The summed E-state index contributed by atoms with van der Waals surface area (Å²) in [7, 11) is 2.12. The summed E-state index contributed by atoms with van der Waals surface area (Å²) in [4.78, 5) is 13.0. The van der Waals surface area contributed by atoms with Crippen LogP contribution in [0.5, 0.6) is 0 Å². The van der Waals surface area contributed by atoms with Crippen molar-refractivity contribution in [3.8, 4) is 0 Å². The smallest absolute Gasteiger partial charge is 0.275 e. The van der Waals surface area contributed by atoms with Gasteiger partial charge in [0, 0.05) is 35.8 Å². The molecule has 0 amide bonds. The molecule has 6 heteroatoms. The van der Waals surface area contributed by atoms with E-state index < -0.39 is 0 Å². The maximum absolute atomic E-state index is 11.0. The first-order valence-electron chi connectivity index (χ1n) is 6.82. The van der Waals surface area contributed by atoms with Crippen LogP contribution in [0.2, 0.25) is 5.02 Å². The Bertz CT molecular complexity index is 495. The lowest BCUT2D eigenvalue weighted by atomic mass is 9.94. The molecule has 0 spiro atoms. The number of nitro groups is 1. The lowest BCUT2D eigenvalue weighted by Gasteiger charge is -2.35. The molecule has 0 bridgehead atoms. The van der Waals surface area contributed by atoms with Gasteiger partial charge in [-0.3, -0.25) is 10.1 Å². The van der Waals surface area contributed by atoms with Gasteiger partial charge in [-0.1, -0.05) is 18.5 Å². The maximum Gasteiger partial charge on any atom is 0.275 e. The molecule has 1 heterocycles. The standard InChI is InChI=1S/C14H20ClN3O2/c1-10-9-17(2)6-5-13(10)16-8-11-3-4-12(15)7-14(11)18(19)20/h3-4,7,10,13,16H,5-6,8-9H2,1-2H3. The molecule has 2 unspecified atom stereocenters. The van der Waals surface area contributed by atoms with Gasteiger partial charge in [0.1, 0.15) is 0 Å². The van der Waals surface area contributed by atoms with Gasteiger partial charge in [-0.05, 0) is 38.1 Å². The highest BCUT2D eigenvalue weighted by Crippen LogP contribution is 2.24. The Morgan fingerprint density at radius 2 is 2.30 bits per heavy atom. The molecule has 110 valence electrons. The molecule has 1 N–H and O–H groups in total. The van der Waals surface area contributed by atoms with Crippen LogP contribution in [0.3, 0.4) is 0 Å². The number of likely N-dealkylation sites (tertiary alicyclic amines) is 1. The van der Waals surface area contributed by atoms with Crippen LogP contribution < -0.4 is 5.32 Å². The van der Waals surface area contributed by atoms with Gasteiger partial charge in [0.25, 0.3) is 5.69 Å². The summed E-state index contributed by atoms with van der Waals surface area (Å²) >= 11 is 5.82. The van der Waals surface area contributed by atoms with Crippen LogP contribution in [0.1, 0.15) is 18.9 Å². The van der Waals surface area contributed by atoms with Crippen molar-refractivity contribution in [2.24, 2.45) is 5.92 Å². The summed E-state index contributed by atoms with van der Waals surface area (Å²) in [5, 5.41) is 14.9. The number of hydrogen-bond acceptors (Lipinski definition) is 4. The second kappa shape index (κ2) is 6.52. The van der Waals surface area contributed by atoms with Crippen LogP contribution in [-0.4, -0.2) is 36.0 Å². The molecule has 1 saturated heterocycles. The van der Waals surface area contributed by atoms with Crippen molar-refractivity contribution >= 4 is 17.3 Å². The van der Waals surface area contributed by atoms with Gasteiger partial charge in [0.2, 0.25) is 0 Å². The molecular weight excluding hydrogens is 278 g/mol. The molecule has 1 fully saturated rings. The molecule has 0 aliphatic carbocycles. The predicted molar refractivity (Wildman–Crippen MR) is 80.0 cm³/mol. The Morgan fingerprint density at radius 3 is 2.95 bits per heavy atom. The van der Waals surface area contributed by atoms with Crippen LogP contribution >= 0.6 is 11.6 Å². The molecule has 2 atom stereocenters. The third-order valence-electron chi connectivity index (χ3n) is 3.91. The van der Waals surface area contributed by atoms with E-state index in [1.54, 1.807) is 12.1 Å². The Balaban J connectivity index is 2.02. The minimum Gasteiger partial charge on any atom is -0.309 e. The van der Waals surface area contributed by atoms with Crippen molar-refractivity contribution in [3.63, 3.8) is 0 Å². The van der Waals surface area contributed by atoms with Crippen molar-refractivity contribution < 1.29 is 4.92 Å². The minimum atomic E-state index is -0.374. The highest BCUT2D eigenvalue weighted by molar-refractivity contribution is 6.30. The normalized spacial score (nSPS) is 23.8. The number of nitro benzene ring substituents is 1. The van der Waals surface area contributed by atoms with Crippen molar-refractivity contribution in [2.45, 2.75) is 25.9 Å². The van der Waals surface area contributed by atoms with Crippen LogP contribution in [0.4, 0.5) is 5.69 Å². The number of nitrogens with zero attached hydrogens (tertiary/aromatic N) is 2. The van der Waals surface area contributed by atoms with Crippen LogP contribution in [0.25, 0.3) is 0 Å². The fourth-order valence-corrected chi connectivity index (χ4v) is 2.92. The fourth-order valence-electron chi connectivity index (χ4n) is 2.75. The monoisotopic (exact) mass is 297 g/mol. The molecule has 0 saturated carbocycles. The summed E-state index contributed by atoms with van der Waals surface area (Å²) in [5.41, 5.74) is 0.774. The summed E-state index contributed by atoms with van der Waals surface area (Å²) in [6, 6.07) is 5.24. The van der Waals surface area contributed by atoms with Gasteiger partial charge in [-0.25, -0.2) is 0 Å². The number of rotatable bonds is 4. The summed E-state index contributed by atoms with van der Waals surface area (Å²) in [5.74, 6) is 0.542. The number of nitrogens with one attached hydrogen (secondary N) is 1. The van der Waals surface area contributed by atoms with Gasteiger partial charge in [0.15, 0.2) is 0 Å². The first-order valence-corrected chi connectivity index (χ1v) is 7.20. The first-order chi connectivity index (χ1) is 9.47. The Hall–Kier alpha value is -1.17. The molecule has 1 aliphatic heterocycles. The van der Waals surface area contributed by atoms with E-state index in [9.17, 15) is 10.1 Å². The quantitative estimate of drug-likeness (QED) is 0.686. The highest BCUT2D eigenvalue weighted by atomic mass is 35.5. The van der Waals surface area contributed by atoms with E-state index in [-0.39, 0.29) is 10.6 Å². The van der Waals surface area contributed by atoms with E-state index in [0.717, 1.165) is 19.5 Å². The van der Waals surface area contributed by atoms with Crippen LogP contribution in [0, 0.1) is 16.0 Å². The Kier molecular flexibility index (Phi) is 4.96. The van der Waals surface area contributed by atoms with Crippen LogP contribution in [0.15, 0.2) is 18.2 Å². The molecule has 0 radical (unpaired) electrons. The zero-order chi connectivity index (χ0) is 14.7. The average Bonchev–Trinajstić information content (AvgIpc) is 2.38. The average molecular weight is 298 g/mol. The van der Waals surface area contributed by atoms with Crippen molar-refractivity contribution in [1.29, 1.82) is 0 Å². The van der Waals surface area contributed by atoms with Gasteiger partial charge >= 0.3 is 0 Å². The fraction of sp³-hybridized carbons (Fsp3) is 0.571. The lowest BCUT2D eigenvalue weighted by molar-refractivity contribution is -0.385. The molecule has 1 aromatic rings. The molecule has 0 aromatic heterocycles. The number of benzene rings is 1. The van der Waals surface area contributed by atoms with Crippen molar-refractivity contribution in [2.75, 3.05) is 20.1 Å². The summed E-state index contributed by atoms with van der Waals surface area (Å²) in [6.45, 7) is 4.83. The van der Waals surface area contributed by atoms with Gasteiger partial charge in [-0.15, -0.1) is 0 Å². The topological polar surface area (TPSA) is 58.4 Å². The maximum atomic E-state index is 11.0. The van der Waals surface area contributed by atoms with Crippen LogP contribution in [-0.2, 0) is 6.54 Å². The van der Waals surface area contributed by atoms with E-state index in [1.807, 2.05) is 0 Å². The number of hydrogen-bond donors (Lipinski definition) is 1. The highest BCUT2D eigenvalue weighted by Gasteiger charge is 2.24. The third-order valence-corrected chi connectivity index (χ3v) is 4.14. The van der Waals surface area contributed by atoms with E-state index in [4.69, 9.17) is 11.6 Å². The van der Waals surface area contributed by atoms with E-state index in [2.05, 4.69) is 24.2 Å². The molecule has 1 aliphatic rings. The van der Waals surface area contributed by atoms with E-state index >= 15 is 0 Å². The second-order valence-corrected chi connectivity index (χ2v) is 5.98. The minimum absolute atomic E-state index is 0.0885. The SMILES string of the molecule is CC1CN(C)CCC1NCc1ccc(Cl)cc1[N+](=O)[O-]. The largest absolute Gasteiger partial charge is 0.309 e. The zero-order valence-corrected chi connectivity index (χ0v) is 12.6. The molecular formula is C14H20ClN3O2. The van der Waals surface area contributed by atoms with E-state index in [1.165, 1.54) is 6.07 Å². The Labute approximate surface area is 124 Å². The lowest BCUT2D eigenvalue weighted by Crippen LogP contribution is -2.46. The number of halogens is 1. The molecule has 5 nitrogen and oxygen atoms in total. The van der Waals surface area contributed by atoms with Crippen molar-refractivity contribution in [3.05, 3.63) is 38.9 Å².